The van der Waals surface area contributed by atoms with Crippen LogP contribution in [-0.2, 0) is 13.0 Å². The largest absolute Gasteiger partial charge is 0.361 e. The maximum Gasteiger partial charge on any atom is 0.254 e. The molecule has 1 aliphatic heterocycles. The van der Waals surface area contributed by atoms with E-state index >= 15 is 0 Å². The summed E-state index contributed by atoms with van der Waals surface area (Å²) in [5.74, 6) is -0.0135. The first kappa shape index (κ1) is 23.0. The number of hydrogen-bond donors (Lipinski definition) is 2. The quantitative estimate of drug-likeness (QED) is 0.324. The molecule has 3 aromatic carbocycles. The zero-order valence-corrected chi connectivity index (χ0v) is 20.3. The number of carbonyl (C=O) groups is 1. The van der Waals surface area contributed by atoms with Gasteiger partial charge in [0.2, 0.25) is 0 Å². The van der Waals surface area contributed by atoms with Gasteiger partial charge in [-0.1, -0.05) is 71.7 Å². The fraction of sp³-hybridized carbons (Fsp3) is 0.250. The number of likely N-dealkylation sites (tertiary alicyclic amines) is 1. The van der Waals surface area contributed by atoms with Crippen LogP contribution in [0.15, 0.2) is 79.0 Å². The van der Waals surface area contributed by atoms with Crippen molar-refractivity contribution in [2.24, 2.45) is 0 Å². The topological polar surface area (TPSA) is 48.1 Å². The van der Waals surface area contributed by atoms with Gasteiger partial charge in [0.05, 0.1) is 0 Å². The molecule has 1 amide bonds. The molecule has 34 heavy (non-hydrogen) atoms. The number of nitrogens with zero attached hydrogens (tertiary/aromatic N) is 1. The van der Waals surface area contributed by atoms with Crippen molar-refractivity contribution in [3.8, 4) is 0 Å². The fourth-order valence-electron chi connectivity index (χ4n) is 4.96. The zero-order valence-electron chi connectivity index (χ0n) is 18.8. The van der Waals surface area contributed by atoms with Gasteiger partial charge >= 0.3 is 0 Å². The molecule has 174 valence electrons. The van der Waals surface area contributed by atoms with E-state index in [9.17, 15) is 4.79 Å². The summed E-state index contributed by atoms with van der Waals surface area (Å²) in [6.45, 7) is 1.48. The van der Waals surface area contributed by atoms with E-state index in [1.165, 1.54) is 16.5 Å². The molecule has 1 aromatic heterocycles. The maximum absolute atomic E-state index is 13.5. The van der Waals surface area contributed by atoms with Crippen molar-refractivity contribution in [3.05, 3.63) is 106 Å². The number of aromatic amines is 1. The lowest BCUT2D eigenvalue weighted by Crippen LogP contribution is -2.51. The molecule has 5 rings (SSSR count). The van der Waals surface area contributed by atoms with E-state index < -0.39 is 0 Å². The van der Waals surface area contributed by atoms with Crippen molar-refractivity contribution >= 4 is 40.0 Å². The fourth-order valence-corrected chi connectivity index (χ4v) is 5.48. The number of benzene rings is 3. The Morgan fingerprint density at radius 2 is 1.74 bits per heavy atom. The van der Waals surface area contributed by atoms with Crippen LogP contribution >= 0.6 is 23.2 Å². The first-order chi connectivity index (χ1) is 16.6. The second-order valence-electron chi connectivity index (χ2n) is 8.96. The summed E-state index contributed by atoms with van der Waals surface area (Å²) in [4.78, 5) is 18.8. The Bertz CT molecular complexity index is 1270. The molecule has 4 aromatic rings. The van der Waals surface area contributed by atoms with E-state index in [2.05, 4.69) is 46.8 Å². The molecule has 0 bridgehead atoms. The molecule has 0 saturated carbocycles. The number of hydrogen-bond acceptors (Lipinski definition) is 2. The summed E-state index contributed by atoms with van der Waals surface area (Å²) in [5.41, 5.74) is 4.19. The van der Waals surface area contributed by atoms with Crippen molar-refractivity contribution in [2.45, 2.75) is 37.9 Å². The molecule has 1 saturated heterocycles. The molecule has 2 N–H and O–H groups in total. The third kappa shape index (κ3) is 5.15. The number of halogens is 2. The number of piperidine rings is 1. The molecule has 2 heterocycles. The van der Waals surface area contributed by atoms with Gasteiger partial charge in [-0.15, -0.1) is 0 Å². The van der Waals surface area contributed by atoms with E-state index in [1.807, 2.05) is 29.2 Å². The van der Waals surface area contributed by atoms with Crippen molar-refractivity contribution in [2.75, 3.05) is 6.54 Å². The highest BCUT2D eigenvalue weighted by atomic mass is 35.5. The van der Waals surface area contributed by atoms with Crippen molar-refractivity contribution in [3.63, 3.8) is 0 Å². The SMILES string of the molecule is O=C(c1cc(Cl)cc(Cl)c1)N1CCC(NCc2c[nH]c3ccccc23)CC1Cc1ccccc1. The molecule has 6 heteroatoms. The predicted molar refractivity (Wildman–Crippen MR) is 140 cm³/mol. The molecule has 4 nitrogen and oxygen atoms in total. The van der Waals surface area contributed by atoms with Crippen LogP contribution in [0, 0.1) is 0 Å². The lowest BCUT2D eigenvalue weighted by molar-refractivity contribution is 0.0576. The van der Waals surface area contributed by atoms with E-state index in [-0.39, 0.29) is 11.9 Å². The first-order valence-electron chi connectivity index (χ1n) is 11.7. The summed E-state index contributed by atoms with van der Waals surface area (Å²) in [5, 5.41) is 5.96. The Morgan fingerprint density at radius 1 is 1.00 bits per heavy atom. The third-order valence-corrected chi connectivity index (χ3v) is 7.09. The summed E-state index contributed by atoms with van der Waals surface area (Å²) in [7, 11) is 0. The molecule has 0 spiro atoms. The normalized spacial score (nSPS) is 18.4. The number of fused-ring (bicyclic) bond motifs is 1. The highest BCUT2D eigenvalue weighted by molar-refractivity contribution is 6.35. The monoisotopic (exact) mass is 491 g/mol. The Morgan fingerprint density at radius 3 is 2.53 bits per heavy atom. The standard InChI is InChI=1S/C28H27Cl2N3O/c29-22-13-20(14-23(30)15-22)28(34)33-11-10-24(16-25(33)12-19-6-2-1-3-7-19)31-17-21-18-32-27-9-5-4-8-26(21)27/h1-9,13-15,18,24-25,31-32H,10-12,16-17H2. The van der Waals surface area contributed by atoms with Crippen LogP contribution in [0.25, 0.3) is 10.9 Å². The van der Waals surface area contributed by atoms with Crippen LogP contribution in [0.2, 0.25) is 10.0 Å². The van der Waals surface area contributed by atoms with Gasteiger partial charge < -0.3 is 15.2 Å². The summed E-state index contributed by atoms with van der Waals surface area (Å²) < 4.78 is 0. The maximum atomic E-state index is 13.5. The van der Waals surface area contributed by atoms with E-state index in [4.69, 9.17) is 23.2 Å². The van der Waals surface area contributed by atoms with Crippen molar-refractivity contribution in [1.82, 2.24) is 15.2 Å². The van der Waals surface area contributed by atoms with Gasteiger partial charge in [0.25, 0.3) is 5.91 Å². The lowest BCUT2D eigenvalue weighted by Gasteiger charge is -2.40. The molecule has 1 aliphatic rings. The van der Waals surface area contributed by atoms with Crippen LogP contribution < -0.4 is 5.32 Å². The Labute approximate surface area is 209 Å². The lowest BCUT2D eigenvalue weighted by atomic mass is 9.91. The summed E-state index contributed by atoms with van der Waals surface area (Å²) in [6.07, 6.45) is 4.68. The smallest absolute Gasteiger partial charge is 0.254 e. The van der Waals surface area contributed by atoms with E-state index in [1.54, 1.807) is 18.2 Å². The van der Waals surface area contributed by atoms with Crippen LogP contribution in [0.3, 0.4) is 0 Å². The van der Waals surface area contributed by atoms with Crippen LogP contribution in [0.4, 0.5) is 0 Å². The van der Waals surface area contributed by atoms with Gasteiger partial charge in [-0.05, 0) is 54.7 Å². The van der Waals surface area contributed by atoms with Crippen molar-refractivity contribution < 1.29 is 4.79 Å². The second-order valence-corrected chi connectivity index (χ2v) is 9.83. The summed E-state index contributed by atoms with van der Waals surface area (Å²) in [6, 6.07) is 24.2. The average Bonchev–Trinajstić information content (AvgIpc) is 3.26. The van der Waals surface area contributed by atoms with Gasteiger partial charge in [-0.2, -0.15) is 0 Å². The zero-order chi connectivity index (χ0) is 23.5. The minimum absolute atomic E-state index is 0.0135. The minimum Gasteiger partial charge on any atom is -0.361 e. The molecule has 2 unspecified atom stereocenters. The minimum atomic E-state index is -0.0135. The Hall–Kier alpha value is -2.79. The predicted octanol–water partition coefficient (Wildman–Crippen LogP) is 6.48. The number of aromatic nitrogens is 1. The number of para-hydroxylation sites is 1. The number of amides is 1. The molecule has 1 fully saturated rings. The molecular weight excluding hydrogens is 465 g/mol. The van der Waals surface area contributed by atoms with Crippen molar-refractivity contribution in [1.29, 1.82) is 0 Å². The Balaban J connectivity index is 1.33. The van der Waals surface area contributed by atoms with E-state index in [0.29, 0.717) is 28.2 Å². The highest BCUT2D eigenvalue weighted by Gasteiger charge is 2.32. The van der Waals surface area contributed by atoms with Gasteiger partial charge in [0.15, 0.2) is 0 Å². The van der Waals surface area contributed by atoms with Gasteiger partial charge in [-0.3, -0.25) is 4.79 Å². The highest BCUT2D eigenvalue weighted by Crippen LogP contribution is 2.27. The van der Waals surface area contributed by atoms with Gasteiger partial charge in [0.1, 0.15) is 0 Å². The number of H-pyrrole nitrogens is 1. The Kier molecular flexibility index (Phi) is 6.91. The van der Waals surface area contributed by atoms with Gasteiger partial charge in [-0.25, -0.2) is 0 Å². The average molecular weight is 492 g/mol. The van der Waals surface area contributed by atoms with Crippen LogP contribution in [0.5, 0.6) is 0 Å². The van der Waals surface area contributed by atoms with Crippen LogP contribution in [-0.4, -0.2) is 34.4 Å². The second kappa shape index (κ2) is 10.2. The van der Waals surface area contributed by atoms with E-state index in [0.717, 1.165) is 31.3 Å². The number of carbonyl (C=O) groups excluding carboxylic acids is 1. The molecule has 0 aliphatic carbocycles. The van der Waals surface area contributed by atoms with Gasteiger partial charge in [0, 0.05) is 57.9 Å². The summed E-state index contributed by atoms with van der Waals surface area (Å²) >= 11 is 12.4. The van der Waals surface area contributed by atoms with Crippen LogP contribution in [0.1, 0.15) is 34.3 Å². The third-order valence-electron chi connectivity index (χ3n) is 6.66. The molecule has 2 atom stereocenters. The molecule has 0 radical (unpaired) electrons. The number of nitrogens with one attached hydrogen (secondary N) is 2. The molecular formula is C28H27Cl2N3O. The number of rotatable bonds is 6. The first-order valence-corrected chi connectivity index (χ1v) is 12.4.